The van der Waals surface area contributed by atoms with Gasteiger partial charge in [0.25, 0.3) is 5.91 Å². The van der Waals surface area contributed by atoms with Crippen molar-refractivity contribution in [1.29, 1.82) is 0 Å². The van der Waals surface area contributed by atoms with Crippen molar-refractivity contribution in [3.63, 3.8) is 0 Å². The highest BCUT2D eigenvalue weighted by Crippen LogP contribution is 2.26. The van der Waals surface area contributed by atoms with Gasteiger partial charge in [-0.3, -0.25) is 9.89 Å². The van der Waals surface area contributed by atoms with Gasteiger partial charge in [0.2, 0.25) is 0 Å². The minimum Gasteiger partial charge on any atom is -0.351 e. The average Bonchev–Trinajstić information content (AvgIpc) is 3.39. The molecule has 0 bridgehead atoms. The van der Waals surface area contributed by atoms with Crippen LogP contribution in [0.3, 0.4) is 0 Å². The molecule has 0 spiro atoms. The van der Waals surface area contributed by atoms with Crippen molar-refractivity contribution in [2.24, 2.45) is 0 Å². The van der Waals surface area contributed by atoms with Gasteiger partial charge in [0, 0.05) is 24.7 Å². The normalized spacial score (nSPS) is 11.4. The summed E-state index contributed by atoms with van der Waals surface area (Å²) in [6.07, 6.45) is 1.12. The second-order valence-corrected chi connectivity index (χ2v) is 6.86. The van der Waals surface area contributed by atoms with E-state index in [1.165, 1.54) is 4.68 Å². The Bertz CT molecular complexity index is 961. The molecule has 2 aromatic heterocycles. The topological polar surface area (TPSA) is 120 Å². The molecule has 2 N–H and O–H groups in total. The lowest BCUT2D eigenvalue weighted by Crippen LogP contribution is -2.24. The number of hydrogen-bond donors (Lipinski definition) is 2. The number of amides is 1. The molecule has 0 aliphatic carbocycles. The molecule has 1 amide bonds. The average molecular weight is 413 g/mol. The third-order valence-electron chi connectivity index (χ3n) is 4.28. The zero-order valence-electron chi connectivity index (χ0n) is 17.6. The van der Waals surface area contributed by atoms with Gasteiger partial charge in [-0.1, -0.05) is 31.2 Å². The van der Waals surface area contributed by atoms with Gasteiger partial charge >= 0.3 is 0 Å². The SMILES string of the molecule is CCOC(Cn1cc(C(=O)Nc2ccccc2-c2n[nH]c(C(C)C)n2)nn1)OCC. The lowest BCUT2D eigenvalue weighted by atomic mass is 10.1. The molecule has 10 nitrogen and oxygen atoms in total. The van der Waals surface area contributed by atoms with Crippen molar-refractivity contribution in [3.05, 3.63) is 42.0 Å². The maximum absolute atomic E-state index is 12.7. The molecule has 1 aromatic carbocycles. The number of rotatable bonds is 10. The number of nitrogens with zero attached hydrogens (tertiary/aromatic N) is 5. The molecule has 0 saturated carbocycles. The van der Waals surface area contributed by atoms with E-state index in [4.69, 9.17) is 9.47 Å². The summed E-state index contributed by atoms with van der Waals surface area (Å²) in [6, 6.07) is 7.35. The maximum Gasteiger partial charge on any atom is 0.277 e. The van der Waals surface area contributed by atoms with Crippen molar-refractivity contribution in [1.82, 2.24) is 30.2 Å². The van der Waals surface area contributed by atoms with Gasteiger partial charge in [-0.25, -0.2) is 9.67 Å². The molecule has 10 heteroatoms. The van der Waals surface area contributed by atoms with Crippen LogP contribution in [0, 0.1) is 0 Å². The summed E-state index contributed by atoms with van der Waals surface area (Å²) < 4.78 is 12.5. The molecule has 2 heterocycles. The van der Waals surface area contributed by atoms with E-state index in [9.17, 15) is 4.79 Å². The highest BCUT2D eigenvalue weighted by Gasteiger charge is 2.17. The first kappa shape index (κ1) is 21.6. The third-order valence-corrected chi connectivity index (χ3v) is 4.28. The maximum atomic E-state index is 12.7. The third kappa shape index (κ3) is 5.28. The Balaban J connectivity index is 1.73. The van der Waals surface area contributed by atoms with E-state index in [2.05, 4.69) is 30.8 Å². The van der Waals surface area contributed by atoms with Crippen LogP contribution in [-0.4, -0.2) is 55.6 Å². The van der Waals surface area contributed by atoms with Gasteiger partial charge in [-0.15, -0.1) is 5.10 Å². The molecule has 0 fully saturated rings. The number of ether oxygens (including phenoxy) is 2. The van der Waals surface area contributed by atoms with Crippen LogP contribution in [0.15, 0.2) is 30.5 Å². The number of nitrogens with one attached hydrogen (secondary N) is 2. The van der Waals surface area contributed by atoms with Crippen LogP contribution in [0.1, 0.15) is 49.9 Å². The monoisotopic (exact) mass is 413 g/mol. The predicted molar refractivity (Wildman–Crippen MR) is 111 cm³/mol. The van der Waals surface area contributed by atoms with Crippen LogP contribution >= 0.6 is 0 Å². The number of carbonyl (C=O) groups is 1. The Kier molecular flexibility index (Phi) is 7.26. The first-order valence-corrected chi connectivity index (χ1v) is 9.98. The van der Waals surface area contributed by atoms with E-state index < -0.39 is 6.29 Å². The summed E-state index contributed by atoms with van der Waals surface area (Å²) in [5.41, 5.74) is 1.50. The molecular weight excluding hydrogens is 386 g/mol. The molecule has 0 atom stereocenters. The van der Waals surface area contributed by atoms with Gasteiger partial charge in [-0.2, -0.15) is 5.10 Å². The fourth-order valence-electron chi connectivity index (χ4n) is 2.80. The summed E-state index contributed by atoms with van der Waals surface area (Å²) in [7, 11) is 0. The Morgan fingerprint density at radius 1 is 1.20 bits per heavy atom. The molecule has 0 saturated heterocycles. The summed E-state index contributed by atoms with van der Waals surface area (Å²) in [4.78, 5) is 17.2. The predicted octanol–water partition coefficient (Wildman–Crippen LogP) is 2.84. The van der Waals surface area contributed by atoms with Crippen molar-refractivity contribution in [2.75, 3.05) is 18.5 Å². The van der Waals surface area contributed by atoms with Crippen molar-refractivity contribution < 1.29 is 14.3 Å². The van der Waals surface area contributed by atoms with Gasteiger partial charge in [-0.05, 0) is 26.0 Å². The molecule has 0 aliphatic rings. The van der Waals surface area contributed by atoms with Gasteiger partial charge in [0.1, 0.15) is 5.82 Å². The number of anilines is 1. The van der Waals surface area contributed by atoms with Crippen LogP contribution in [0.25, 0.3) is 11.4 Å². The molecule has 3 rings (SSSR count). The fourth-order valence-corrected chi connectivity index (χ4v) is 2.80. The zero-order chi connectivity index (χ0) is 21.5. The minimum atomic E-state index is -0.445. The fraction of sp³-hybridized carbons (Fsp3) is 0.450. The number of para-hydroxylation sites is 1. The summed E-state index contributed by atoms with van der Waals surface area (Å²) in [5, 5.41) is 18.0. The second kappa shape index (κ2) is 10.1. The Hall–Kier alpha value is -3.11. The lowest BCUT2D eigenvalue weighted by Gasteiger charge is -2.16. The van der Waals surface area contributed by atoms with E-state index in [0.717, 1.165) is 5.82 Å². The smallest absolute Gasteiger partial charge is 0.277 e. The second-order valence-electron chi connectivity index (χ2n) is 6.86. The van der Waals surface area contributed by atoms with Gasteiger partial charge < -0.3 is 14.8 Å². The number of aromatic nitrogens is 6. The van der Waals surface area contributed by atoms with E-state index in [0.29, 0.717) is 36.8 Å². The van der Waals surface area contributed by atoms with Crippen molar-refractivity contribution in [3.8, 4) is 11.4 Å². The summed E-state index contributed by atoms with van der Waals surface area (Å²) in [5.74, 6) is 1.15. The number of hydrogen-bond acceptors (Lipinski definition) is 7. The Labute approximate surface area is 175 Å². The Morgan fingerprint density at radius 2 is 1.93 bits per heavy atom. The van der Waals surface area contributed by atoms with E-state index in [1.54, 1.807) is 12.3 Å². The largest absolute Gasteiger partial charge is 0.351 e. The quantitative estimate of drug-likeness (QED) is 0.490. The number of H-pyrrole nitrogens is 1. The molecule has 3 aromatic rings. The van der Waals surface area contributed by atoms with Crippen molar-refractivity contribution >= 4 is 11.6 Å². The molecule has 30 heavy (non-hydrogen) atoms. The van der Waals surface area contributed by atoms with Crippen molar-refractivity contribution in [2.45, 2.75) is 46.4 Å². The van der Waals surface area contributed by atoms with Crippen LogP contribution < -0.4 is 5.32 Å². The molecule has 160 valence electrons. The first-order valence-electron chi connectivity index (χ1n) is 9.98. The number of benzene rings is 1. The van der Waals surface area contributed by atoms with Crippen LogP contribution in [-0.2, 0) is 16.0 Å². The number of carbonyl (C=O) groups excluding carboxylic acids is 1. The standard InChI is InChI=1S/C20H27N7O3/c1-5-29-17(30-6-2)12-27-11-16(23-26-27)20(28)21-15-10-8-7-9-14(15)19-22-18(13(3)4)24-25-19/h7-11,13,17H,5-6,12H2,1-4H3,(H,21,28)(H,22,24,25). The van der Waals surface area contributed by atoms with Crippen LogP contribution in [0.4, 0.5) is 5.69 Å². The Morgan fingerprint density at radius 3 is 2.60 bits per heavy atom. The highest BCUT2D eigenvalue weighted by atomic mass is 16.7. The molecule has 0 radical (unpaired) electrons. The zero-order valence-corrected chi connectivity index (χ0v) is 17.6. The summed E-state index contributed by atoms with van der Waals surface area (Å²) >= 11 is 0. The molecular formula is C20H27N7O3. The molecule has 0 unspecified atom stereocenters. The van der Waals surface area contributed by atoms with E-state index in [-0.39, 0.29) is 17.5 Å². The van der Waals surface area contributed by atoms with E-state index >= 15 is 0 Å². The summed E-state index contributed by atoms with van der Waals surface area (Å²) in [6.45, 7) is 9.22. The van der Waals surface area contributed by atoms with Gasteiger partial charge in [0.15, 0.2) is 17.8 Å². The van der Waals surface area contributed by atoms with Gasteiger partial charge in [0.05, 0.1) is 18.4 Å². The highest BCUT2D eigenvalue weighted by molar-refractivity contribution is 6.04. The lowest BCUT2D eigenvalue weighted by molar-refractivity contribution is -0.145. The number of aromatic amines is 1. The molecule has 0 aliphatic heterocycles. The van der Waals surface area contributed by atoms with Crippen LogP contribution in [0.5, 0.6) is 0 Å². The first-order chi connectivity index (χ1) is 14.5. The van der Waals surface area contributed by atoms with E-state index in [1.807, 2.05) is 45.9 Å². The minimum absolute atomic E-state index is 0.189. The van der Waals surface area contributed by atoms with Crippen LogP contribution in [0.2, 0.25) is 0 Å².